The van der Waals surface area contributed by atoms with E-state index in [1.54, 1.807) is 0 Å². The molecule has 2 N–H and O–H groups in total. The lowest BCUT2D eigenvalue weighted by molar-refractivity contribution is -0.140. The van der Waals surface area contributed by atoms with E-state index in [9.17, 15) is 22.7 Å². The largest absolute Gasteiger partial charge is 0.457 e. The summed E-state index contributed by atoms with van der Waals surface area (Å²) in [5.74, 6) is -0.215. The van der Waals surface area contributed by atoms with Crippen molar-refractivity contribution in [3.63, 3.8) is 0 Å². The van der Waals surface area contributed by atoms with Gasteiger partial charge in [0, 0.05) is 6.42 Å². The predicted molar refractivity (Wildman–Crippen MR) is 87.6 cm³/mol. The van der Waals surface area contributed by atoms with Gasteiger partial charge in [0.2, 0.25) is 0 Å². The lowest BCUT2D eigenvalue weighted by Crippen LogP contribution is -2.28. The molecule has 2 aromatic carbocycles. The number of H-pyrrole nitrogens is 1. The second-order valence-electron chi connectivity index (χ2n) is 6.13. The molecule has 142 valence electrons. The van der Waals surface area contributed by atoms with Crippen molar-refractivity contribution in [3.8, 4) is 11.5 Å². The van der Waals surface area contributed by atoms with Crippen LogP contribution < -0.4 is 4.74 Å². The zero-order chi connectivity index (χ0) is 19.7. The highest BCUT2D eigenvalue weighted by atomic mass is 19.4. The van der Waals surface area contributed by atoms with Gasteiger partial charge in [-0.05, 0) is 48.9 Å². The maximum atomic E-state index is 13.6. The van der Waals surface area contributed by atoms with E-state index in [-0.39, 0.29) is 29.3 Å². The predicted octanol–water partition coefficient (Wildman–Crippen LogP) is 4.21. The number of aliphatic hydroxyl groups is 1. The molecule has 0 aliphatic heterocycles. The summed E-state index contributed by atoms with van der Waals surface area (Å²) < 4.78 is 59.0. The van der Waals surface area contributed by atoms with Gasteiger partial charge in [-0.25, -0.2) is 9.37 Å². The Balaban J connectivity index is 1.95. The number of ether oxygens (including phenoxy) is 1. The topological polar surface area (TPSA) is 71.0 Å². The van der Waals surface area contributed by atoms with Crippen molar-refractivity contribution in [2.24, 2.45) is 0 Å². The third-order valence-corrected chi connectivity index (χ3v) is 3.89. The molecule has 0 bridgehead atoms. The molecule has 0 aliphatic carbocycles. The zero-order valence-electron chi connectivity index (χ0n) is 14.1. The average Bonchev–Trinajstić information content (AvgIpc) is 3.08. The average molecular weight is 381 g/mol. The molecule has 1 atom stereocenters. The minimum absolute atomic E-state index is 0.0913. The SMILES string of the molecule is C[C@@](O)(Cc1nc[nH]n1)c1ccc(Oc2ccc(F)cc2)cc1C(F)(F)F. The van der Waals surface area contributed by atoms with E-state index in [2.05, 4.69) is 15.2 Å². The van der Waals surface area contributed by atoms with Crippen molar-refractivity contribution in [2.45, 2.75) is 25.1 Å². The Bertz CT molecular complexity index is 907. The monoisotopic (exact) mass is 381 g/mol. The molecule has 3 aromatic rings. The summed E-state index contributed by atoms with van der Waals surface area (Å²) in [5, 5.41) is 16.9. The summed E-state index contributed by atoms with van der Waals surface area (Å²) in [6.45, 7) is 1.26. The van der Waals surface area contributed by atoms with Gasteiger partial charge in [-0.3, -0.25) is 5.10 Å². The van der Waals surface area contributed by atoms with E-state index < -0.39 is 23.2 Å². The summed E-state index contributed by atoms with van der Waals surface area (Å²) in [7, 11) is 0. The second kappa shape index (κ2) is 6.99. The molecule has 0 spiro atoms. The fourth-order valence-corrected chi connectivity index (χ4v) is 2.65. The first-order valence-corrected chi connectivity index (χ1v) is 7.87. The number of rotatable bonds is 5. The van der Waals surface area contributed by atoms with Gasteiger partial charge in [0.05, 0.1) is 11.2 Å². The molecule has 9 heteroatoms. The van der Waals surface area contributed by atoms with Gasteiger partial charge in [0.1, 0.15) is 23.6 Å². The van der Waals surface area contributed by atoms with Gasteiger partial charge in [0.25, 0.3) is 0 Å². The highest BCUT2D eigenvalue weighted by Crippen LogP contribution is 2.40. The minimum Gasteiger partial charge on any atom is -0.457 e. The number of alkyl halides is 3. The van der Waals surface area contributed by atoms with Gasteiger partial charge >= 0.3 is 6.18 Å². The number of halogens is 4. The number of aromatic amines is 1. The first-order chi connectivity index (χ1) is 12.6. The molecule has 0 unspecified atom stereocenters. The standard InChI is InChI=1S/C18H15F4N3O2/c1-17(26,9-16-23-10-24-25-16)14-7-6-13(8-15(14)18(20,21)22)27-12-4-2-11(19)3-5-12/h2-8,10,26H,9H2,1H3,(H,23,24,25)/t17-/m1/s1. The molecular formula is C18H15F4N3O2. The number of hydrogen-bond donors (Lipinski definition) is 2. The van der Waals surface area contributed by atoms with Crippen LogP contribution in [0.1, 0.15) is 23.9 Å². The van der Waals surface area contributed by atoms with E-state index in [0.717, 1.165) is 24.3 Å². The number of nitrogens with zero attached hydrogens (tertiary/aromatic N) is 2. The lowest BCUT2D eigenvalue weighted by Gasteiger charge is -2.26. The summed E-state index contributed by atoms with van der Waals surface area (Å²) in [5.41, 5.74) is -3.23. The van der Waals surface area contributed by atoms with Crippen LogP contribution in [0.4, 0.5) is 17.6 Å². The molecule has 0 saturated heterocycles. The van der Waals surface area contributed by atoms with Crippen molar-refractivity contribution < 1.29 is 27.4 Å². The van der Waals surface area contributed by atoms with Crippen molar-refractivity contribution >= 4 is 0 Å². The smallest absolute Gasteiger partial charge is 0.416 e. The van der Waals surface area contributed by atoms with E-state index in [1.165, 1.54) is 31.5 Å². The number of benzene rings is 2. The Hall–Kier alpha value is -2.94. The molecule has 0 radical (unpaired) electrons. The fraction of sp³-hybridized carbons (Fsp3) is 0.222. The van der Waals surface area contributed by atoms with Gasteiger partial charge < -0.3 is 9.84 Å². The van der Waals surface area contributed by atoms with Crippen LogP contribution in [0.5, 0.6) is 11.5 Å². The van der Waals surface area contributed by atoms with Crippen LogP contribution in [0.15, 0.2) is 48.8 Å². The van der Waals surface area contributed by atoms with Crippen LogP contribution in [0.2, 0.25) is 0 Å². The Kier molecular flexibility index (Phi) is 4.88. The second-order valence-corrected chi connectivity index (χ2v) is 6.13. The van der Waals surface area contributed by atoms with Crippen LogP contribution in [0.25, 0.3) is 0 Å². The first-order valence-electron chi connectivity index (χ1n) is 7.87. The van der Waals surface area contributed by atoms with Crippen LogP contribution in [0, 0.1) is 5.82 Å². The first kappa shape index (κ1) is 18.8. The van der Waals surface area contributed by atoms with Crippen LogP contribution >= 0.6 is 0 Å². The molecule has 0 amide bonds. The van der Waals surface area contributed by atoms with Crippen molar-refractivity contribution in [1.82, 2.24) is 15.2 Å². The number of nitrogens with one attached hydrogen (secondary N) is 1. The lowest BCUT2D eigenvalue weighted by atomic mass is 9.88. The maximum absolute atomic E-state index is 13.6. The molecule has 3 rings (SSSR count). The maximum Gasteiger partial charge on any atom is 0.416 e. The zero-order valence-corrected chi connectivity index (χ0v) is 14.1. The minimum atomic E-state index is -4.72. The van der Waals surface area contributed by atoms with Gasteiger partial charge in [-0.2, -0.15) is 18.3 Å². The quantitative estimate of drug-likeness (QED) is 0.650. The van der Waals surface area contributed by atoms with Crippen molar-refractivity contribution in [1.29, 1.82) is 0 Å². The molecule has 5 nitrogen and oxygen atoms in total. The summed E-state index contributed by atoms with van der Waals surface area (Å²) >= 11 is 0. The van der Waals surface area contributed by atoms with E-state index in [0.29, 0.717) is 0 Å². The van der Waals surface area contributed by atoms with Gasteiger partial charge in [-0.15, -0.1) is 0 Å². The van der Waals surface area contributed by atoms with Gasteiger partial charge in [-0.1, -0.05) is 6.07 Å². The Morgan fingerprint density at radius 2 is 1.70 bits per heavy atom. The van der Waals surface area contributed by atoms with Crippen molar-refractivity contribution in [3.05, 3.63) is 71.6 Å². The highest BCUT2D eigenvalue weighted by Gasteiger charge is 2.39. The summed E-state index contributed by atoms with van der Waals surface area (Å²) in [4.78, 5) is 3.84. The molecule has 0 saturated carbocycles. The summed E-state index contributed by atoms with van der Waals surface area (Å²) in [6, 6.07) is 8.12. The Morgan fingerprint density at radius 1 is 1.04 bits per heavy atom. The number of aromatic nitrogens is 3. The normalized spacial score (nSPS) is 14.0. The number of hydrogen-bond acceptors (Lipinski definition) is 4. The van der Waals surface area contributed by atoms with Crippen LogP contribution in [0.3, 0.4) is 0 Å². The van der Waals surface area contributed by atoms with Crippen LogP contribution in [-0.2, 0) is 18.2 Å². The highest BCUT2D eigenvalue weighted by molar-refractivity contribution is 5.42. The van der Waals surface area contributed by atoms with Crippen molar-refractivity contribution in [2.75, 3.05) is 0 Å². The summed E-state index contributed by atoms with van der Waals surface area (Å²) in [6.07, 6.45) is -3.66. The molecular weight excluding hydrogens is 366 g/mol. The van der Waals surface area contributed by atoms with E-state index in [1.807, 2.05) is 0 Å². The van der Waals surface area contributed by atoms with Gasteiger partial charge in [0.15, 0.2) is 5.82 Å². The molecule has 27 heavy (non-hydrogen) atoms. The third-order valence-electron chi connectivity index (χ3n) is 3.89. The molecule has 1 aromatic heterocycles. The Labute approximate surface area is 151 Å². The van der Waals surface area contributed by atoms with Crippen LogP contribution in [-0.4, -0.2) is 20.3 Å². The molecule has 0 fully saturated rings. The molecule has 1 heterocycles. The Morgan fingerprint density at radius 3 is 2.30 bits per heavy atom. The van der Waals surface area contributed by atoms with E-state index >= 15 is 0 Å². The third kappa shape index (κ3) is 4.43. The molecule has 0 aliphatic rings. The van der Waals surface area contributed by atoms with E-state index in [4.69, 9.17) is 4.74 Å². The fourth-order valence-electron chi connectivity index (χ4n) is 2.65.